The molecule has 0 fully saturated rings. The van der Waals surface area contributed by atoms with Crippen LogP contribution in [0.2, 0.25) is 0 Å². The van der Waals surface area contributed by atoms with E-state index < -0.39 is 36.9 Å². The Morgan fingerprint density at radius 3 is 2.43 bits per heavy atom. The van der Waals surface area contributed by atoms with E-state index in [1.807, 2.05) is 0 Å². The second kappa shape index (κ2) is 9.46. The number of nitrogens with two attached hydrogens (primary N) is 1. The van der Waals surface area contributed by atoms with Gasteiger partial charge in [-0.3, -0.25) is 4.79 Å². The zero-order valence-corrected chi connectivity index (χ0v) is 12.3. The topological polar surface area (TPSA) is 142 Å². The van der Waals surface area contributed by atoms with Gasteiger partial charge in [0.15, 0.2) is 0 Å². The Hall–Kier alpha value is -1.48. The van der Waals surface area contributed by atoms with Crippen LogP contribution in [0.25, 0.3) is 0 Å². The molecule has 8 nitrogen and oxygen atoms in total. The lowest BCUT2D eigenvalue weighted by molar-refractivity contribution is -0.132. The summed E-state index contributed by atoms with van der Waals surface area (Å²) >= 11 is 0. The second-order valence-corrected chi connectivity index (χ2v) is 4.88. The molecule has 8 heteroatoms. The fraction of sp³-hybridized carbons (Fsp3) is 0.692. The summed E-state index contributed by atoms with van der Waals surface area (Å²) in [5, 5.41) is 29.4. The number of aliphatic hydroxyl groups is 2. The monoisotopic (exact) mass is 304 g/mol. The molecular formula is C13H24N2O6. The average molecular weight is 304 g/mol. The molecule has 0 saturated heterocycles. The van der Waals surface area contributed by atoms with Gasteiger partial charge in [-0.2, -0.15) is 0 Å². The predicted molar refractivity (Wildman–Crippen MR) is 75.5 cm³/mol. The molecule has 0 aromatic rings. The van der Waals surface area contributed by atoms with E-state index in [9.17, 15) is 14.7 Å². The SMILES string of the molecule is C=C(CC(N)C(NC(C)=O)C(C)OCC(O)CO)C(=O)O. The zero-order chi connectivity index (χ0) is 16.6. The molecule has 4 atom stereocenters. The van der Waals surface area contributed by atoms with Crippen LogP contribution in [0.3, 0.4) is 0 Å². The standard InChI is InChI=1S/C13H24N2O6/c1-7(13(19)20)4-11(14)12(15-9(3)17)8(2)21-6-10(18)5-16/h8,10-12,16,18H,1,4-6,14H2,2-3H3,(H,15,17)(H,19,20). The van der Waals surface area contributed by atoms with E-state index in [0.717, 1.165) is 0 Å². The summed E-state index contributed by atoms with van der Waals surface area (Å²) in [6.07, 6.45) is -1.63. The maximum absolute atomic E-state index is 11.2. The number of nitrogens with one attached hydrogen (secondary N) is 1. The van der Waals surface area contributed by atoms with E-state index in [1.54, 1.807) is 6.92 Å². The lowest BCUT2D eigenvalue weighted by Gasteiger charge is -2.30. The Morgan fingerprint density at radius 1 is 1.43 bits per heavy atom. The number of aliphatic hydroxyl groups excluding tert-OH is 2. The van der Waals surface area contributed by atoms with Crippen molar-refractivity contribution in [2.75, 3.05) is 13.2 Å². The maximum atomic E-state index is 11.2. The van der Waals surface area contributed by atoms with Crippen molar-refractivity contribution in [1.29, 1.82) is 0 Å². The first-order valence-corrected chi connectivity index (χ1v) is 6.53. The smallest absolute Gasteiger partial charge is 0.331 e. The molecule has 0 saturated carbocycles. The minimum atomic E-state index is -1.16. The van der Waals surface area contributed by atoms with Crippen molar-refractivity contribution in [2.45, 2.75) is 44.6 Å². The molecule has 0 spiro atoms. The van der Waals surface area contributed by atoms with E-state index >= 15 is 0 Å². The van der Waals surface area contributed by atoms with Crippen LogP contribution in [0.1, 0.15) is 20.3 Å². The van der Waals surface area contributed by atoms with Gasteiger partial charge in [-0.25, -0.2) is 4.79 Å². The third-order valence-electron chi connectivity index (χ3n) is 2.88. The van der Waals surface area contributed by atoms with Crippen LogP contribution < -0.4 is 11.1 Å². The van der Waals surface area contributed by atoms with Gasteiger partial charge in [0.05, 0.1) is 25.4 Å². The number of carbonyl (C=O) groups is 2. The van der Waals surface area contributed by atoms with Crippen LogP contribution in [0.4, 0.5) is 0 Å². The quantitative estimate of drug-likeness (QED) is 0.313. The number of carboxylic acid groups (broad SMARTS) is 1. The number of hydrogen-bond acceptors (Lipinski definition) is 6. The Labute approximate surface area is 123 Å². The molecule has 0 aromatic carbocycles. The van der Waals surface area contributed by atoms with Gasteiger partial charge in [0.1, 0.15) is 6.10 Å². The average Bonchev–Trinajstić information content (AvgIpc) is 2.40. The fourth-order valence-electron chi connectivity index (χ4n) is 1.73. The lowest BCUT2D eigenvalue weighted by Crippen LogP contribution is -2.54. The number of carboxylic acids is 1. The fourth-order valence-corrected chi connectivity index (χ4v) is 1.73. The van der Waals surface area contributed by atoms with Crippen LogP contribution >= 0.6 is 0 Å². The van der Waals surface area contributed by atoms with Gasteiger partial charge in [0.25, 0.3) is 0 Å². The van der Waals surface area contributed by atoms with Crippen LogP contribution in [0.15, 0.2) is 12.2 Å². The first-order valence-electron chi connectivity index (χ1n) is 6.53. The van der Waals surface area contributed by atoms with E-state index in [2.05, 4.69) is 11.9 Å². The number of amides is 1. The molecule has 0 rings (SSSR count). The maximum Gasteiger partial charge on any atom is 0.331 e. The number of aliphatic carboxylic acids is 1. The van der Waals surface area contributed by atoms with Gasteiger partial charge < -0.3 is 31.1 Å². The Bertz CT molecular complexity index is 374. The molecule has 21 heavy (non-hydrogen) atoms. The summed E-state index contributed by atoms with van der Waals surface area (Å²) in [4.78, 5) is 22.0. The molecule has 122 valence electrons. The Balaban J connectivity index is 4.72. The summed E-state index contributed by atoms with van der Waals surface area (Å²) in [5.74, 6) is -1.49. The molecule has 1 amide bonds. The Morgan fingerprint density at radius 2 is 2.00 bits per heavy atom. The highest BCUT2D eigenvalue weighted by atomic mass is 16.5. The first-order chi connectivity index (χ1) is 9.68. The third kappa shape index (κ3) is 7.76. The van der Waals surface area contributed by atoms with Gasteiger partial charge in [-0.15, -0.1) is 0 Å². The summed E-state index contributed by atoms with van der Waals surface area (Å²) in [6, 6.07) is -1.36. The van der Waals surface area contributed by atoms with Crippen LogP contribution in [-0.4, -0.2) is 64.7 Å². The van der Waals surface area contributed by atoms with E-state index in [1.165, 1.54) is 6.92 Å². The molecule has 0 aliphatic heterocycles. The number of carbonyl (C=O) groups excluding carboxylic acids is 1. The molecule has 0 heterocycles. The van der Waals surface area contributed by atoms with Crippen molar-refractivity contribution < 1.29 is 29.6 Å². The molecule has 0 aliphatic carbocycles. The zero-order valence-electron chi connectivity index (χ0n) is 12.3. The number of hydrogen-bond donors (Lipinski definition) is 5. The second-order valence-electron chi connectivity index (χ2n) is 4.88. The van der Waals surface area contributed by atoms with Gasteiger partial charge in [0, 0.05) is 18.5 Å². The lowest BCUT2D eigenvalue weighted by atomic mass is 9.97. The largest absolute Gasteiger partial charge is 0.478 e. The molecular weight excluding hydrogens is 280 g/mol. The van der Waals surface area contributed by atoms with E-state index in [4.69, 9.17) is 20.7 Å². The number of rotatable bonds is 10. The van der Waals surface area contributed by atoms with Gasteiger partial charge in [0.2, 0.25) is 5.91 Å². The molecule has 0 aliphatic rings. The van der Waals surface area contributed by atoms with Crippen LogP contribution in [-0.2, 0) is 14.3 Å². The van der Waals surface area contributed by atoms with Gasteiger partial charge in [-0.05, 0) is 13.3 Å². The third-order valence-corrected chi connectivity index (χ3v) is 2.88. The van der Waals surface area contributed by atoms with Crippen LogP contribution in [0, 0.1) is 0 Å². The van der Waals surface area contributed by atoms with Crippen molar-refractivity contribution in [2.24, 2.45) is 5.73 Å². The van der Waals surface area contributed by atoms with Gasteiger partial charge in [-0.1, -0.05) is 6.58 Å². The van der Waals surface area contributed by atoms with Crippen molar-refractivity contribution in [3.8, 4) is 0 Å². The van der Waals surface area contributed by atoms with E-state index in [-0.39, 0.29) is 24.5 Å². The Kier molecular flexibility index (Phi) is 8.79. The van der Waals surface area contributed by atoms with Crippen molar-refractivity contribution in [3.63, 3.8) is 0 Å². The molecule has 0 radical (unpaired) electrons. The highest BCUT2D eigenvalue weighted by molar-refractivity contribution is 5.85. The van der Waals surface area contributed by atoms with E-state index in [0.29, 0.717) is 0 Å². The summed E-state index contributed by atoms with van der Waals surface area (Å²) in [6.45, 7) is 5.77. The minimum absolute atomic E-state index is 0.0173. The molecule has 0 bridgehead atoms. The number of ether oxygens (including phenoxy) is 1. The summed E-state index contributed by atoms with van der Waals surface area (Å²) in [7, 11) is 0. The summed E-state index contributed by atoms with van der Waals surface area (Å²) < 4.78 is 5.34. The highest BCUT2D eigenvalue weighted by Gasteiger charge is 2.27. The molecule has 4 unspecified atom stereocenters. The molecule has 0 aromatic heterocycles. The normalized spacial score (nSPS) is 16.6. The molecule has 6 N–H and O–H groups in total. The van der Waals surface area contributed by atoms with Gasteiger partial charge >= 0.3 is 5.97 Å². The van der Waals surface area contributed by atoms with Crippen LogP contribution in [0.5, 0.6) is 0 Å². The minimum Gasteiger partial charge on any atom is -0.478 e. The summed E-state index contributed by atoms with van der Waals surface area (Å²) in [5.41, 5.74) is 5.84. The first kappa shape index (κ1) is 19.5. The van der Waals surface area contributed by atoms with Crippen molar-refractivity contribution in [3.05, 3.63) is 12.2 Å². The predicted octanol–water partition coefficient (Wildman–Crippen LogP) is -1.39. The van der Waals surface area contributed by atoms with Crippen molar-refractivity contribution >= 4 is 11.9 Å². The highest BCUT2D eigenvalue weighted by Crippen LogP contribution is 2.11. The van der Waals surface area contributed by atoms with Crippen molar-refractivity contribution in [1.82, 2.24) is 5.32 Å².